The van der Waals surface area contributed by atoms with Crippen LogP contribution in [0, 0.1) is 11.6 Å². The summed E-state index contributed by atoms with van der Waals surface area (Å²) in [7, 11) is -4.46. The Morgan fingerprint density at radius 3 is 2.58 bits per heavy atom. The molecule has 1 aliphatic rings. The van der Waals surface area contributed by atoms with Crippen LogP contribution in [-0.4, -0.2) is 64.6 Å². The molecule has 1 saturated heterocycles. The van der Waals surface area contributed by atoms with Crippen molar-refractivity contribution in [3.8, 4) is 11.3 Å². The van der Waals surface area contributed by atoms with E-state index in [9.17, 15) is 26.8 Å². The van der Waals surface area contributed by atoms with Gasteiger partial charge in [-0.1, -0.05) is 11.6 Å². The van der Waals surface area contributed by atoms with Crippen molar-refractivity contribution in [3.63, 3.8) is 0 Å². The lowest BCUT2D eigenvalue weighted by Crippen LogP contribution is -2.42. The van der Waals surface area contributed by atoms with Gasteiger partial charge in [0.05, 0.1) is 16.9 Å². The second kappa shape index (κ2) is 11.1. The monoisotopic (exact) mass is 587 g/mol. The summed E-state index contributed by atoms with van der Waals surface area (Å²) >= 11 is 6.12. The minimum absolute atomic E-state index is 0.0238. The molecule has 1 aromatic carbocycles. The van der Waals surface area contributed by atoms with Crippen molar-refractivity contribution in [2.45, 2.75) is 23.8 Å². The highest BCUT2D eigenvalue weighted by Crippen LogP contribution is 2.30. The Kier molecular flexibility index (Phi) is 7.54. The summed E-state index contributed by atoms with van der Waals surface area (Å²) in [4.78, 5) is 40.4. The first-order chi connectivity index (χ1) is 19.1. The SMILES string of the molecule is O=CC(=O)N1CCC(Nc2ncnc3ccc(-c4cnc(Cl)c(NS(=O)(=O)c5ccc(F)cc5F)c4)nc23)CC1. The molecule has 2 N–H and O–H groups in total. The number of amides is 1. The zero-order valence-corrected chi connectivity index (χ0v) is 22.1. The molecule has 1 aliphatic heterocycles. The fourth-order valence-corrected chi connectivity index (χ4v) is 5.60. The average Bonchev–Trinajstić information content (AvgIpc) is 2.94. The van der Waals surface area contributed by atoms with E-state index >= 15 is 0 Å². The summed E-state index contributed by atoms with van der Waals surface area (Å²) in [6.45, 7) is 0.849. The van der Waals surface area contributed by atoms with Crippen molar-refractivity contribution < 1.29 is 26.8 Å². The quantitative estimate of drug-likeness (QED) is 0.188. The molecule has 11 nitrogen and oxygen atoms in total. The zero-order chi connectivity index (χ0) is 28.4. The molecule has 1 amide bonds. The summed E-state index contributed by atoms with van der Waals surface area (Å²) in [5.74, 6) is -2.26. The number of carbonyl (C=O) groups is 2. The molecule has 0 atom stereocenters. The second-order valence-electron chi connectivity index (χ2n) is 8.89. The molecular weight excluding hydrogens is 568 g/mol. The molecule has 5 rings (SSSR count). The van der Waals surface area contributed by atoms with Crippen molar-refractivity contribution in [1.82, 2.24) is 24.8 Å². The van der Waals surface area contributed by atoms with Gasteiger partial charge in [-0.25, -0.2) is 37.1 Å². The highest BCUT2D eigenvalue weighted by atomic mass is 35.5. The number of sulfonamides is 1. The van der Waals surface area contributed by atoms with Crippen molar-refractivity contribution in [1.29, 1.82) is 0 Å². The smallest absolute Gasteiger partial charge is 0.286 e. The molecule has 0 unspecified atom stereocenters. The molecule has 1 fully saturated rings. The van der Waals surface area contributed by atoms with E-state index in [-0.39, 0.29) is 16.9 Å². The van der Waals surface area contributed by atoms with Gasteiger partial charge in [0.2, 0.25) is 6.29 Å². The number of likely N-dealkylation sites (tertiary alicyclic amines) is 1. The van der Waals surface area contributed by atoms with E-state index in [0.29, 0.717) is 66.4 Å². The summed E-state index contributed by atoms with van der Waals surface area (Å²) < 4.78 is 55.2. The Hall–Kier alpha value is -4.30. The number of hydrogen-bond donors (Lipinski definition) is 2. The van der Waals surface area contributed by atoms with Crippen LogP contribution in [0.15, 0.2) is 53.8 Å². The van der Waals surface area contributed by atoms with Gasteiger partial charge in [-0.15, -0.1) is 0 Å². The molecular formula is C25H20ClF2N7O4S. The number of anilines is 2. The first kappa shape index (κ1) is 27.3. The fraction of sp³-hybridized carbons (Fsp3) is 0.200. The summed E-state index contributed by atoms with van der Waals surface area (Å²) in [6, 6.07) is 6.83. The van der Waals surface area contributed by atoms with Gasteiger partial charge in [0.15, 0.2) is 11.0 Å². The number of piperidine rings is 1. The van der Waals surface area contributed by atoms with Crippen LogP contribution in [0.5, 0.6) is 0 Å². The van der Waals surface area contributed by atoms with Crippen molar-refractivity contribution in [2.24, 2.45) is 0 Å². The van der Waals surface area contributed by atoms with Crippen LogP contribution in [0.3, 0.4) is 0 Å². The normalized spacial score (nSPS) is 14.2. The molecule has 206 valence electrons. The van der Waals surface area contributed by atoms with Crippen LogP contribution < -0.4 is 10.0 Å². The van der Waals surface area contributed by atoms with E-state index in [4.69, 9.17) is 11.6 Å². The molecule has 0 spiro atoms. The number of halogens is 3. The fourth-order valence-electron chi connectivity index (χ4n) is 4.27. The van der Waals surface area contributed by atoms with Gasteiger partial charge in [0.1, 0.15) is 28.4 Å². The number of fused-ring (bicyclic) bond motifs is 1. The lowest BCUT2D eigenvalue weighted by Gasteiger charge is -2.31. The van der Waals surface area contributed by atoms with Crippen LogP contribution in [-0.2, 0) is 19.6 Å². The third-order valence-electron chi connectivity index (χ3n) is 6.29. The number of pyridine rings is 2. The number of aromatic nitrogens is 4. The maximum absolute atomic E-state index is 14.2. The minimum atomic E-state index is -4.46. The summed E-state index contributed by atoms with van der Waals surface area (Å²) in [5, 5.41) is 3.13. The van der Waals surface area contributed by atoms with Crippen LogP contribution in [0.2, 0.25) is 5.15 Å². The molecule has 0 aliphatic carbocycles. The average molecular weight is 588 g/mol. The van der Waals surface area contributed by atoms with Crippen LogP contribution in [0.25, 0.3) is 22.3 Å². The highest BCUT2D eigenvalue weighted by Gasteiger charge is 2.24. The van der Waals surface area contributed by atoms with Gasteiger partial charge < -0.3 is 10.2 Å². The van der Waals surface area contributed by atoms with Gasteiger partial charge >= 0.3 is 0 Å². The molecule has 40 heavy (non-hydrogen) atoms. The number of hydrogen-bond acceptors (Lipinski definition) is 9. The lowest BCUT2D eigenvalue weighted by atomic mass is 10.0. The van der Waals surface area contributed by atoms with Crippen molar-refractivity contribution >= 4 is 56.4 Å². The number of carbonyl (C=O) groups excluding carboxylic acids is 2. The number of nitrogens with one attached hydrogen (secondary N) is 2. The van der Waals surface area contributed by atoms with E-state index < -0.39 is 32.5 Å². The van der Waals surface area contributed by atoms with Gasteiger partial charge in [-0.2, -0.15) is 0 Å². The molecule has 0 saturated carbocycles. The zero-order valence-electron chi connectivity index (χ0n) is 20.5. The topological polar surface area (TPSA) is 147 Å². The maximum Gasteiger partial charge on any atom is 0.286 e. The standard InChI is InChI=1S/C25H20ClF2N7O4S/c26-24-20(34-40(38,39)21-4-1-15(27)10-17(21)28)9-14(11-29-24)18-2-3-19-23(33-18)25(31-13-30-19)32-16-5-7-35(8-6-16)22(37)12-36/h1-4,9-13,16,34H,5-8H2,(H,30,31,32). The first-order valence-corrected chi connectivity index (χ1v) is 13.8. The molecule has 3 aromatic heterocycles. The maximum atomic E-state index is 14.2. The van der Waals surface area contributed by atoms with Gasteiger partial charge in [-0.05, 0) is 43.2 Å². The van der Waals surface area contributed by atoms with E-state index in [1.807, 2.05) is 0 Å². The van der Waals surface area contributed by atoms with Gasteiger partial charge in [0, 0.05) is 37.0 Å². The van der Waals surface area contributed by atoms with E-state index in [2.05, 4.69) is 30.0 Å². The Morgan fingerprint density at radius 2 is 1.85 bits per heavy atom. The van der Waals surface area contributed by atoms with Crippen LogP contribution in [0.1, 0.15) is 12.8 Å². The van der Waals surface area contributed by atoms with Crippen molar-refractivity contribution in [3.05, 3.63) is 65.7 Å². The first-order valence-electron chi connectivity index (χ1n) is 11.9. The second-order valence-corrected chi connectivity index (χ2v) is 10.9. The Labute approximate surface area is 231 Å². The Morgan fingerprint density at radius 1 is 1.07 bits per heavy atom. The Balaban J connectivity index is 1.42. The van der Waals surface area contributed by atoms with Crippen molar-refractivity contribution in [2.75, 3.05) is 23.1 Å². The van der Waals surface area contributed by atoms with E-state index in [0.717, 1.165) is 12.1 Å². The highest BCUT2D eigenvalue weighted by molar-refractivity contribution is 7.92. The number of nitrogens with zero attached hydrogens (tertiary/aromatic N) is 5. The predicted molar refractivity (Wildman–Crippen MR) is 142 cm³/mol. The predicted octanol–water partition coefficient (Wildman–Crippen LogP) is 3.42. The van der Waals surface area contributed by atoms with Crippen LogP contribution in [0.4, 0.5) is 20.3 Å². The van der Waals surface area contributed by atoms with Gasteiger partial charge in [-0.3, -0.25) is 14.3 Å². The summed E-state index contributed by atoms with van der Waals surface area (Å²) in [6.07, 6.45) is 4.29. The number of rotatable bonds is 7. The largest absolute Gasteiger partial charge is 0.365 e. The third-order valence-corrected chi connectivity index (χ3v) is 7.99. The molecule has 4 heterocycles. The number of benzene rings is 1. The Bertz CT molecular complexity index is 1730. The summed E-state index contributed by atoms with van der Waals surface area (Å²) in [5.41, 5.74) is 1.64. The third kappa shape index (κ3) is 5.67. The van der Waals surface area contributed by atoms with E-state index in [1.165, 1.54) is 23.5 Å². The molecule has 4 aromatic rings. The molecule has 0 bridgehead atoms. The lowest BCUT2D eigenvalue weighted by molar-refractivity contribution is -0.139. The van der Waals surface area contributed by atoms with E-state index in [1.54, 1.807) is 12.1 Å². The molecule has 0 radical (unpaired) electrons. The van der Waals surface area contributed by atoms with Crippen LogP contribution >= 0.6 is 11.6 Å². The number of aldehydes is 1. The minimum Gasteiger partial charge on any atom is -0.365 e. The molecule has 15 heteroatoms. The van der Waals surface area contributed by atoms with Gasteiger partial charge in [0.25, 0.3) is 15.9 Å².